The second-order valence-corrected chi connectivity index (χ2v) is 9.68. The number of likely N-dealkylation sites (tertiary alicyclic amines) is 2. The monoisotopic (exact) mass is 417 g/mol. The van der Waals surface area contributed by atoms with Gasteiger partial charge in [-0.05, 0) is 61.0 Å². The average Bonchev–Trinajstić information content (AvgIpc) is 3.48. The van der Waals surface area contributed by atoms with Crippen LogP contribution in [0.3, 0.4) is 0 Å². The normalized spacial score (nSPS) is 23.1. The van der Waals surface area contributed by atoms with Crippen molar-refractivity contribution in [3.05, 3.63) is 44.8 Å². The van der Waals surface area contributed by atoms with Crippen molar-refractivity contribution >= 4 is 34.5 Å². The van der Waals surface area contributed by atoms with Gasteiger partial charge in [-0.3, -0.25) is 14.5 Å². The summed E-state index contributed by atoms with van der Waals surface area (Å²) in [5.41, 5.74) is 0. The van der Waals surface area contributed by atoms with E-state index >= 15 is 0 Å². The summed E-state index contributed by atoms with van der Waals surface area (Å²) in [6.07, 6.45) is 3.99. The first-order valence-electron chi connectivity index (χ1n) is 10.1. The van der Waals surface area contributed by atoms with E-state index in [4.69, 9.17) is 0 Å². The van der Waals surface area contributed by atoms with Crippen LogP contribution >= 0.6 is 22.7 Å². The quantitative estimate of drug-likeness (QED) is 0.783. The molecule has 28 heavy (non-hydrogen) atoms. The smallest absolute Gasteiger partial charge is 0.264 e. The maximum Gasteiger partial charge on any atom is 0.264 e. The molecule has 0 aliphatic carbocycles. The fraction of sp³-hybridized carbons (Fsp3) is 0.524. The highest BCUT2D eigenvalue weighted by Gasteiger charge is 2.35. The second kappa shape index (κ2) is 9.20. The highest BCUT2D eigenvalue weighted by molar-refractivity contribution is 7.12. The molecule has 2 saturated heterocycles. The SMILES string of the molecule is O=C(NCC1CCCN(Cc2cccs2)C1)[C@@H]1CCCN1C(=O)c1cccs1. The van der Waals surface area contributed by atoms with Crippen molar-refractivity contribution in [3.8, 4) is 0 Å². The Morgan fingerprint density at radius 1 is 1.07 bits per heavy atom. The fourth-order valence-electron chi connectivity index (χ4n) is 4.27. The van der Waals surface area contributed by atoms with Crippen LogP contribution in [0.2, 0.25) is 0 Å². The van der Waals surface area contributed by atoms with Crippen molar-refractivity contribution < 1.29 is 9.59 Å². The molecule has 7 heteroatoms. The van der Waals surface area contributed by atoms with Crippen LogP contribution in [0.15, 0.2) is 35.0 Å². The van der Waals surface area contributed by atoms with Gasteiger partial charge in [0.25, 0.3) is 5.91 Å². The number of nitrogens with one attached hydrogen (secondary N) is 1. The molecule has 0 aromatic carbocycles. The fourth-order valence-corrected chi connectivity index (χ4v) is 5.70. The van der Waals surface area contributed by atoms with Crippen LogP contribution in [-0.4, -0.2) is 53.8 Å². The van der Waals surface area contributed by atoms with Crippen LogP contribution in [0.25, 0.3) is 0 Å². The summed E-state index contributed by atoms with van der Waals surface area (Å²) in [5, 5.41) is 7.18. The minimum Gasteiger partial charge on any atom is -0.354 e. The number of carbonyl (C=O) groups is 2. The Balaban J connectivity index is 1.28. The predicted octanol–water partition coefficient (Wildman–Crippen LogP) is 3.44. The van der Waals surface area contributed by atoms with Gasteiger partial charge in [0.2, 0.25) is 5.91 Å². The van der Waals surface area contributed by atoms with Crippen molar-refractivity contribution in [2.75, 3.05) is 26.2 Å². The summed E-state index contributed by atoms with van der Waals surface area (Å²) in [6, 6.07) is 7.70. The van der Waals surface area contributed by atoms with Gasteiger partial charge < -0.3 is 10.2 Å². The van der Waals surface area contributed by atoms with Gasteiger partial charge in [-0.1, -0.05) is 12.1 Å². The van der Waals surface area contributed by atoms with E-state index in [1.54, 1.807) is 16.2 Å². The number of thiophene rings is 2. The van der Waals surface area contributed by atoms with Crippen molar-refractivity contribution in [2.24, 2.45) is 5.92 Å². The third-order valence-corrected chi connectivity index (χ3v) is 7.39. The van der Waals surface area contributed by atoms with E-state index in [0.29, 0.717) is 19.0 Å². The van der Waals surface area contributed by atoms with Gasteiger partial charge in [0.05, 0.1) is 4.88 Å². The lowest BCUT2D eigenvalue weighted by atomic mass is 9.97. The summed E-state index contributed by atoms with van der Waals surface area (Å²) in [7, 11) is 0. The van der Waals surface area contributed by atoms with Crippen LogP contribution in [0.1, 0.15) is 40.2 Å². The molecule has 1 unspecified atom stereocenters. The molecule has 4 rings (SSSR count). The molecule has 2 amide bonds. The molecule has 2 atom stereocenters. The van der Waals surface area contributed by atoms with E-state index in [-0.39, 0.29) is 17.9 Å². The first-order valence-corrected chi connectivity index (χ1v) is 11.8. The summed E-state index contributed by atoms with van der Waals surface area (Å²) in [4.78, 5) is 31.8. The first kappa shape index (κ1) is 19.6. The Kier molecular flexibility index (Phi) is 6.44. The molecule has 2 fully saturated rings. The van der Waals surface area contributed by atoms with Gasteiger partial charge in [-0.15, -0.1) is 22.7 Å². The van der Waals surface area contributed by atoms with E-state index in [9.17, 15) is 9.59 Å². The molecule has 150 valence electrons. The summed E-state index contributed by atoms with van der Waals surface area (Å²) >= 11 is 3.25. The molecular weight excluding hydrogens is 390 g/mol. The number of nitrogens with zero attached hydrogens (tertiary/aromatic N) is 2. The van der Waals surface area contributed by atoms with Crippen LogP contribution in [0.5, 0.6) is 0 Å². The molecule has 2 aliphatic heterocycles. The highest BCUT2D eigenvalue weighted by Crippen LogP contribution is 2.23. The zero-order chi connectivity index (χ0) is 19.3. The molecule has 0 saturated carbocycles. The van der Waals surface area contributed by atoms with E-state index < -0.39 is 0 Å². The van der Waals surface area contributed by atoms with Crippen molar-refractivity contribution in [2.45, 2.75) is 38.3 Å². The standard InChI is InChI=1S/C21H27N3O2S2/c25-20(18-7-2-10-24(18)21(26)19-8-4-12-28-19)22-13-16-5-1-9-23(14-16)15-17-6-3-11-27-17/h3-4,6,8,11-12,16,18H,1-2,5,7,9-10,13-15H2,(H,22,25)/t16?,18-/m0/s1. The van der Waals surface area contributed by atoms with Crippen LogP contribution < -0.4 is 5.32 Å². The number of hydrogen-bond acceptors (Lipinski definition) is 5. The van der Waals surface area contributed by atoms with Gasteiger partial charge in [0.1, 0.15) is 6.04 Å². The third-order valence-electron chi connectivity index (χ3n) is 5.68. The van der Waals surface area contributed by atoms with Gasteiger partial charge in [-0.2, -0.15) is 0 Å². The van der Waals surface area contributed by atoms with E-state index in [1.165, 1.54) is 22.6 Å². The number of rotatable bonds is 6. The van der Waals surface area contributed by atoms with Gasteiger partial charge in [0.15, 0.2) is 0 Å². The molecule has 2 aromatic rings. The minimum atomic E-state index is -0.319. The first-order chi connectivity index (χ1) is 13.7. The largest absolute Gasteiger partial charge is 0.354 e. The molecule has 2 aromatic heterocycles. The Hall–Kier alpha value is -1.70. The lowest BCUT2D eigenvalue weighted by molar-refractivity contribution is -0.125. The lowest BCUT2D eigenvalue weighted by Gasteiger charge is -2.33. The number of amides is 2. The Morgan fingerprint density at radius 2 is 1.89 bits per heavy atom. The van der Waals surface area contributed by atoms with E-state index in [2.05, 4.69) is 27.7 Å². The summed E-state index contributed by atoms with van der Waals surface area (Å²) < 4.78 is 0. The Bertz CT molecular complexity index is 776. The van der Waals surface area contributed by atoms with Gasteiger partial charge in [-0.25, -0.2) is 0 Å². The zero-order valence-electron chi connectivity index (χ0n) is 16.0. The summed E-state index contributed by atoms with van der Waals surface area (Å²) in [5.74, 6) is 0.491. The van der Waals surface area contributed by atoms with Crippen molar-refractivity contribution in [1.82, 2.24) is 15.1 Å². The maximum absolute atomic E-state index is 12.8. The number of carbonyl (C=O) groups excluding carboxylic acids is 2. The topological polar surface area (TPSA) is 52.7 Å². The van der Waals surface area contributed by atoms with E-state index in [1.807, 2.05) is 17.5 Å². The van der Waals surface area contributed by atoms with Crippen molar-refractivity contribution in [3.63, 3.8) is 0 Å². The van der Waals surface area contributed by atoms with E-state index in [0.717, 1.165) is 43.8 Å². The third kappa shape index (κ3) is 4.64. The molecular formula is C21H27N3O2S2. The Labute approximate surface area is 174 Å². The van der Waals surface area contributed by atoms with Crippen LogP contribution in [0.4, 0.5) is 0 Å². The van der Waals surface area contributed by atoms with Crippen LogP contribution in [0, 0.1) is 5.92 Å². The molecule has 0 spiro atoms. The predicted molar refractivity (Wildman–Crippen MR) is 114 cm³/mol. The molecule has 0 bridgehead atoms. The van der Waals surface area contributed by atoms with Gasteiger partial charge in [0, 0.05) is 31.1 Å². The summed E-state index contributed by atoms with van der Waals surface area (Å²) in [6.45, 7) is 4.55. The number of piperidine rings is 1. The highest BCUT2D eigenvalue weighted by atomic mass is 32.1. The van der Waals surface area contributed by atoms with Crippen LogP contribution in [-0.2, 0) is 11.3 Å². The Morgan fingerprint density at radius 3 is 2.68 bits per heavy atom. The lowest BCUT2D eigenvalue weighted by Crippen LogP contribution is -2.48. The molecule has 2 aliphatic rings. The maximum atomic E-state index is 12.8. The van der Waals surface area contributed by atoms with Gasteiger partial charge >= 0.3 is 0 Å². The number of hydrogen-bond donors (Lipinski definition) is 1. The molecule has 0 radical (unpaired) electrons. The zero-order valence-corrected chi connectivity index (χ0v) is 17.6. The van der Waals surface area contributed by atoms with Crippen molar-refractivity contribution in [1.29, 1.82) is 0 Å². The second-order valence-electron chi connectivity index (χ2n) is 7.70. The molecule has 4 heterocycles. The molecule has 1 N–H and O–H groups in total. The minimum absolute atomic E-state index is 0.00700. The molecule has 5 nitrogen and oxygen atoms in total. The average molecular weight is 418 g/mol.